The van der Waals surface area contributed by atoms with E-state index in [0.29, 0.717) is 33.8 Å². The average Bonchev–Trinajstić information content (AvgIpc) is 2.85. The summed E-state index contributed by atoms with van der Waals surface area (Å²) in [5, 5.41) is 28.1. The number of hydrogen-bond donors (Lipinski definition) is 5. The number of carbonyl (C=O) groups excluding carboxylic acids is 1. The van der Waals surface area contributed by atoms with Gasteiger partial charge in [0, 0.05) is 36.1 Å². The van der Waals surface area contributed by atoms with E-state index in [4.69, 9.17) is 22.7 Å². The molecule has 172 valence electrons. The summed E-state index contributed by atoms with van der Waals surface area (Å²) in [6.07, 6.45) is 4.90. The highest BCUT2D eigenvalue weighted by molar-refractivity contribution is 6.36. The van der Waals surface area contributed by atoms with E-state index in [2.05, 4.69) is 32.0 Å². The smallest absolute Gasteiger partial charge is 0.256 e. The van der Waals surface area contributed by atoms with Gasteiger partial charge >= 0.3 is 0 Å². The molecule has 0 aliphatic carbocycles. The zero-order chi connectivity index (χ0) is 24.1. The van der Waals surface area contributed by atoms with Crippen molar-refractivity contribution in [2.24, 2.45) is 0 Å². The fourth-order valence-corrected chi connectivity index (χ4v) is 4.09. The number of pyridine rings is 2. The van der Waals surface area contributed by atoms with Crippen molar-refractivity contribution in [1.29, 1.82) is 10.7 Å². The maximum absolute atomic E-state index is 12.6. The van der Waals surface area contributed by atoms with E-state index < -0.39 is 0 Å². The Morgan fingerprint density at radius 2 is 2.15 bits per heavy atom. The van der Waals surface area contributed by atoms with Crippen molar-refractivity contribution in [3.8, 4) is 6.07 Å². The summed E-state index contributed by atoms with van der Waals surface area (Å²) in [5.74, 6) is 0.155. The SMILES string of the molecule is N#Cc1cnc(N)c(C(=N)c2ccc(C(=O)Nc3ccccn3)cc2Cl)c1NC1CCCNC1. The van der Waals surface area contributed by atoms with Crippen LogP contribution in [0.2, 0.25) is 5.02 Å². The molecule has 1 fully saturated rings. The molecule has 0 bridgehead atoms. The predicted octanol–water partition coefficient (Wildman–Crippen LogP) is 3.42. The largest absolute Gasteiger partial charge is 0.383 e. The fraction of sp³-hybridized carbons (Fsp3) is 0.208. The first-order valence-corrected chi connectivity index (χ1v) is 11.1. The second-order valence-corrected chi connectivity index (χ2v) is 8.25. The first kappa shape index (κ1) is 23.2. The number of carbonyl (C=O) groups is 1. The van der Waals surface area contributed by atoms with Crippen molar-refractivity contribution in [2.45, 2.75) is 18.9 Å². The number of rotatable bonds is 6. The summed E-state index contributed by atoms with van der Waals surface area (Å²) in [7, 11) is 0. The van der Waals surface area contributed by atoms with E-state index >= 15 is 0 Å². The van der Waals surface area contributed by atoms with Gasteiger partial charge in [-0.25, -0.2) is 9.97 Å². The third kappa shape index (κ3) is 4.98. The molecule has 9 nitrogen and oxygen atoms in total. The number of piperidine rings is 1. The average molecular weight is 475 g/mol. The molecule has 1 aliphatic heterocycles. The van der Waals surface area contributed by atoms with Crippen LogP contribution in [-0.4, -0.2) is 40.7 Å². The minimum Gasteiger partial charge on any atom is -0.383 e. The Labute approximate surface area is 201 Å². The van der Waals surface area contributed by atoms with Crippen LogP contribution in [0.3, 0.4) is 0 Å². The Hall–Kier alpha value is -4.00. The highest BCUT2D eigenvalue weighted by Crippen LogP contribution is 2.31. The van der Waals surface area contributed by atoms with Crippen molar-refractivity contribution in [1.82, 2.24) is 15.3 Å². The van der Waals surface area contributed by atoms with Gasteiger partial charge < -0.3 is 21.7 Å². The van der Waals surface area contributed by atoms with Crippen molar-refractivity contribution in [3.63, 3.8) is 0 Å². The predicted molar refractivity (Wildman–Crippen MR) is 132 cm³/mol. The van der Waals surface area contributed by atoms with Gasteiger partial charge in [-0.15, -0.1) is 0 Å². The summed E-state index contributed by atoms with van der Waals surface area (Å²) in [4.78, 5) is 20.8. The molecule has 1 saturated heterocycles. The number of amides is 1. The van der Waals surface area contributed by atoms with Crippen LogP contribution in [0.5, 0.6) is 0 Å². The fourth-order valence-electron chi connectivity index (χ4n) is 3.81. The van der Waals surface area contributed by atoms with E-state index in [0.717, 1.165) is 25.9 Å². The lowest BCUT2D eigenvalue weighted by Crippen LogP contribution is -2.39. The molecule has 34 heavy (non-hydrogen) atoms. The zero-order valence-electron chi connectivity index (χ0n) is 18.2. The molecule has 1 aromatic carbocycles. The number of nitrogen functional groups attached to an aromatic ring is 1. The van der Waals surface area contributed by atoms with Crippen LogP contribution in [0, 0.1) is 16.7 Å². The van der Waals surface area contributed by atoms with Gasteiger partial charge in [-0.2, -0.15) is 5.26 Å². The van der Waals surface area contributed by atoms with Crippen molar-refractivity contribution >= 4 is 40.5 Å². The number of anilines is 3. The van der Waals surface area contributed by atoms with E-state index in [9.17, 15) is 10.1 Å². The van der Waals surface area contributed by atoms with Crippen LogP contribution in [0.4, 0.5) is 17.3 Å². The summed E-state index contributed by atoms with van der Waals surface area (Å²) < 4.78 is 0. The monoisotopic (exact) mass is 474 g/mol. The molecule has 10 heteroatoms. The molecule has 4 rings (SSSR count). The number of aromatic nitrogens is 2. The molecule has 1 amide bonds. The van der Waals surface area contributed by atoms with Crippen LogP contribution in [0.15, 0.2) is 48.8 Å². The number of nitriles is 1. The second-order valence-electron chi connectivity index (χ2n) is 7.85. The zero-order valence-corrected chi connectivity index (χ0v) is 19.0. The lowest BCUT2D eigenvalue weighted by atomic mass is 9.97. The Morgan fingerprint density at radius 3 is 2.82 bits per heavy atom. The van der Waals surface area contributed by atoms with Crippen LogP contribution in [0.25, 0.3) is 0 Å². The van der Waals surface area contributed by atoms with Crippen LogP contribution in [-0.2, 0) is 0 Å². The summed E-state index contributed by atoms with van der Waals surface area (Å²) >= 11 is 6.50. The minimum atomic E-state index is -0.376. The summed E-state index contributed by atoms with van der Waals surface area (Å²) in [6, 6.07) is 12.1. The summed E-state index contributed by atoms with van der Waals surface area (Å²) in [5.41, 5.74) is 7.92. The minimum absolute atomic E-state index is 0.00931. The van der Waals surface area contributed by atoms with Gasteiger partial charge in [-0.1, -0.05) is 23.7 Å². The van der Waals surface area contributed by atoms with Gasteiger partial charge in [0.15, 0.2) is 0 Å². The van der Waals surface area contributed by atoms with Gasteiger partial charge in [0.05, 0.1) is 27.5 Å². The van der Waals surface area contributed by atoms with E-state index in [1.165, 1.54) is 12.3 Å². The molecule has 2 aromatic heterocycles. The maximum Gasteiger partial charge on any atom is 0.256 e. The first-order valence-electron chi connectivity index (χ1n) is 10.7. The highest BCUT2D eigenvalue weighted by Gasteiger charge is 2.23. The summed E-state index contributed by atoms with van der Waals surface area (Å²) in [6.45, 7) is 1.68. The first-order chi connectivity index (χ1) is 16.5. The topological polar surface area (TPSA) is 153 Å². The number of nitrogens with two attached hydrogens (primary N) is 1. The molecule has 3 heterocycles. The molecule has 0 spiro atoms. The van der Waals surface area contributed by atoms with Crippen molar-refractivity contribution in [3.05, 3.63) is 76.1 Å². The quantitative estimate of drug-likeness (QED) is 0.343. The van der Waals surface area contributed by atoms with Gasteiger partial charge in [-0.3, -0.25) is 10.2 Å². The molecule has 1 atom stereocenters. The van der Waals surface area contributed by atoms with Gasteiger partial charge in [0.2, 0.25) is 0 Å². The van der Waals surface area contributed by atoms with Gasteiger partial charge in [0.25, 0.3) is 5.91 Å². The number of halogens is 1. The van der Waals surface area contributed by atoms with Crippen LogP contribution >= 0.6 is 11.6 Å². The number of benzene rings is 1. The number of nitrogens with one attached hydrogen (secondary N) is 4. The normalized spacial score (nSPS) is 15.2. The molecule has 0 saturated carbocycles. The third-order valence-electron chi connectivity index (χ3n) is 5.53. The number of nitrogens with zero attached hydrogens (tertiary/aromatic N) is 3. The third-order valence-corrected chi connectivity index (χ3v) is 5.84. The molecule has 6 N–H and O–H groups in total. The van der Waals surface area contributed by atoms with Crippen molar-refractivity contribution < 1.29 is 4.79 Å². The van der Waals surface area contributed by atoms with Gasteiger partial charge in [-0.05, 0) is 43.7 Å². The molecule has 1 aliphatic rings. The Morgan fingerprint density at radius 1 is 1.29 bits per heavy atom. The molecular weight excluding hydrogens is 452 g/mol. The van der Waals surface area contributed by atoms with E-state index in [1.54, 1.807) is 36.5 Å². The molecule has 0 radical (unpaired) electrons. The molecule has 1 unspecified atom stereocenters. The Kier molecular flexibility index (Phi) is 7.01. The lowest BCUT2D eigenvalue weighted by molar-refractivity contribution is 0.102. The Bertz CT molecular complexity index is 1270. The van der Waals surface area contributed by atoms with Crippen LogP contribution in [0.1, 0.15) is 39.9 Å². The lowest BCUT2D eigenvalue weighted by Gasteiger charge is -2.27. The maximum atomic E-state index is 12.6. The van der Waals surface area contributed by atoms with Gasteiger partial charge in [0.1, 0.15) is 17.7 Å². The van der Waals surface area contributed by atoms with E-state index in [-0.39, 0.29) is 28.5 Å². The standard InChI is InChI=1S/C24H23ClN8O/c25-18-10-14(24(34)33-19-5-1-2-9-30-19)6-7-17(18)21(27)20-22(15(11-26)12-31-23(20)28)32-16-4-3-8-29-13-16/h1-2,5-7,9-10,12,16,27,29H,3-4,8,13H2,(H3,28,31,32)(H,30,33,34). The van der Waals surface area contributed by atoms with Crippen LogP contribution < -0.4 is 21.7 Å². The number of hydrogen-bond acceptors (Lipinski definition) is 8. The second kappa shape index (κ2) is 10.3. The van der Waals surface area contributed by atoms with Crippen molar-refractivity contribution in [2.75, 3.05) is 29.5 Å². The molecule has 3 aromatic rings. The highest BCUT2D eigenvalue weighted by atomic mass is 35.5. The molecular formula is C24H23ClN8O. The van der Waals surface area contributed by atoms with E-state index in [1.807, 2.05) is 0 Å². The Balaban J connectivity index is 1.64.